The van der Waals surface area contributed by atoms with Crippen molar-refractivity contribution in [3.8, 4) is 11.1 Å². The highest BCUT2D eigenvalue weighted by Crippen LogP contribution is 2.44. The minimum absolute atomic E-state index is 0.0425. The van der Waals surface area contributed by atoms with Gasteiger partial charge in [-0.25, -0.2) is 4.79 Å². The number of fused-ring (bicyclic) bond motifs is 3. The van der Waals surface area contributed by atoms with E-state index in [9.17, 15) is 4.79 Å². The van der Waals surface area contributed by atoms with E-state index in [1.54, 1.807) is 0 Å². The summed E-state index contributed by atoms with van der Waals surface area (Å²) in [7, 11) is 0. The number of carbonyl (C=O) groups excluding carboxylic acids is 1. The Balaban J connectivity index is 0.958. The normalized spacial score (nSPS) is 12.2. The maximum absolute atomic E-state index is 12.2. The Morgan fingerprint density at radius 1 is 0.481 bits per heavy atom. The number of carbonyl (C=O) groups is 1. The molecule has 0 spiro atoms. The molecule has 0 unspecified atom stereocenters. The summed E-state index contributed by atoms with van der Waals surface area (Å²) in [5.74, 6) is 0.0425. The van der Waals surface area contributed by atoms with E-state index in [1.807, 2.05) is 24.3 Å². The number of nitrogens with one attached hydrogen (secondary N) is 1. The molecule has 11 nitrogen and oxygen atoms in total. The van der Waals surface area contributed by atoms with Crippen molar-refractivity contribution < 1.29 is 47.4 Å². The summed E-state index contributed by atoms with van der Waals surface area (Å²) in [6, 6.07) is 16.6. The molecule has 52 heavy (non-hydrogen) atoms. The largest absolute Gasteiger partial charge is 0.449 e. The summed E-state index contributed by atoms with van der Waals surface area (Å²) >= 11 is 0. The van der Waals surface area contributed by atoms with Gasteiger partial charge in [-0.15, -0.1) is 0 Å². The van der Waals surface area contributed by atoms with E-state index < -0.39 is 6.09 Å². The molecule has 0 saturated heterocycles. The smallest absolute Gasteiger partial charge is 0.407 e. The molecule has 0 heterocycles. The van der Waals surface area contributed by atoms with Crippen LogP contribution < -0.4 is 5.32 Å². The minimum atomic E-state index is -0.446. The standard InChI is InChI=1S/C41H65NO10/c1-2-3-4-5-6-7-8-13-19-44-21-23-46-25-27-48-29-31-50-33-34-51-32-30-49-28-26-47-24-22-45-20-18-42-41(43)52-35-40-38-16-11-9-14-36(38)37-15-10-12-17-39(37)40/h9-12,14-17,40H,2-8,13,18-35H2,1H3,(H,42,43). The maximum Gasteiger partial charge on any atom is 0.407 e. The quantitative estimate of drug-likeness (QED) is 0.0761. The summed E-state index contributed by atoms with van der Waals surface area (Å²) in [5, 5.41) is 2.75. The molecule has 1 aliphatic carbocycles. The van der Waals surface area contributed by atoms with Crippen molar-refractivity contribution in [1.82, 2.24) is 5.32 Å². The molecule has 2 aromatic carbocycles. The average molecular weight is 732 g/mol. The third kappa shape index (κ3) is 20.0. The topological polar surface area (TPSA) is 112 Å². The van der Waals surface area contributed by atoms with Crippen molar-refractivity contribution in [2.45, 2.75) is 64.2 Å². The number of alkyl carbamates (subject to hydrolysis) is 1. The summed E-state index contributed by atoms with van der Waals surface area (Å²) in [6.07, 6.45) is 10.1. The molecule has 294 valence electrons. The number of unbranched alkanes of at least 4 members (excludes halogenated alkanes) is 7. The van der Waals surface area contributed by atoms with Crippen LogP contribution in [0.15, 0.2) is 48.5 Å². The second-order valence-electron chi connectivity index (χ2n) is 12.6. The molecule has 2 aromatic rings. The first-order valence-corrected chi connectivity index (χ1v) is 19.5. The molecule has 0 aliphatic heterocycles. The number of hydrogen-bond donors (Lipinski definition) is 1. The lowest BCUT2D eigenvalue weighted by atomic mass is 9.98. The third-order valence-corrected chi connectivity index (χ3v) is 8.61. The van der Waals surface area contributed by atoms with Gasteiger partial charge in [0.2, 0.25) is 0 Å². The van der Waals surface area contributed by atoms with Crippen LogP contribution in [-0.2, 0) is 42.6 Å². The summed E-state index contributed by atoms with van der Waals surface area (Å²) in [5.41, 5.74) is 4.79. The van der Waals surface area contributed by atoms with E-state index in [4.69, 9.17) is 42.6 Å². The average Bonchev–Trinajstić information content (AvgIpc) is 3.49. The van der Waals surface area contributed by atoms with Crippen LogP contribution in [0, 0.1) is 0 Å². The van der Waals surface area contributed by atoms with Gasteiger partial charge in [-0.3, -0.25) is 0 Å². The Morgan fingerprint density at radius 2 is 0.846 bits per heavy atom. The molecule has 0 aromatic heterocycles. The molecular weight excluding hydrogens is 666 g/mol. The van der Waals surface area contributed by atoms with Gasteiger partial charge >= 0.3 is 6.09 Å². The number of amides is 1. The monoisotopic (exact) mass is 731 g/mol. The van der Waals surface area contributed by atoms with Crippen LogP contribution in [0.1, 0.15) is 75.3 Å². The molecule has 0 atom stereocenters. The maximum atomic E-state index is 12.2. The van der Waals surface area contributed by atoms with E-state index in [1.165, 1.54) is 67.2 Å². The second-order valence-corrected chi connectivity index (χ2v) is 12.6. The van der Waals surface area contributed by atoms with Gasteiger partial charge in [0.15, 0.2) is 0 Å². The number of rotatable bonds is 35. The van der Waals surface area contributed by atoms with Crippen LogP contribution in [0.2, 0.25) is 0 Å². The first-order chi connectivity index (χ1) is 25.8. The molecular formula is C41H65NO10. The van der Waals surface area contributed by atoms with Crippen molar-refractivity contribution in [2.24, 2.45) is 0 Å². The lowest BCUT2D eigenvalue weighted by molar-refractivity contribution is -0.0230. The zero-order valence-corrected chi connectivity index (χ0v) is 31.7. The Hall–Kier alpha value is -2.61. The fourth-order valence-electron chi connectivity index (χ4n) is 5.85. The highest BCUT2D eigenvalue weighted by Gasteiger charge is 2.28. The fourth-order valence-corrected chi connectivity index (χ4v) is 5.85. The zero-order chi connectivity index (χ0) is 36.6. The summed E-state index contributed by atoms with van der Waals surface area (Å²) in [4.78, 5) is 12.2. The van der Waals surface area contributed by atoms with Gasteiger partial charge in [0.05, 0.1) is 99.1 Å². The van der Waals surface area contributed by atoms with Crippen LogP contribution in [0.5, 0.6) is 0 Å². The molecule has 0 radical (unpaired) electrons. The van der Waals surface area contributed by atoms with E-state index in [0.717, 1.165) is 13.0 Å². The Morgan fingerprint density at radius 3 is 1.29 bits per heavy atom. The van der Waals surface area contributed by atoms with Gasteiger partial charge in [0.25, 0.3) is 0 Å². The molecule has 11 heteroatoms. The Bertz CT molecular complexity index is 1110. The third-order valence-electron chi connectivity index (χ3n) is 8.61. The molecule has 1 N–H and O–H groups in total. The Labute approximate surface area is 312 Å². The van der Waals surface area contributed by atoms with Crippen LogP contribution in [0.25, 0.3) is 11.1 Å². The number of hydrogen-bond acceptors (Lipinski definition) is 10. The van der Waals surface area contributed by atoms with Crippen LogP contribution in [-0.4, -0.2) is 125 Å². The predicted octanol–water partition coefficient (Wildman–Crippen LogP) is 6.80. The van der Waals surface area contributed by atoms with Crippen molar-refractivity contribution in [3.05, 3.63) is 59.7 Å². The van der Waals surface area contributed by atoms with Crippen LogP contribution >= 0.6 is 0 Å². The Kier molecular flexibility index (Phi) is 25.9. The van der Waals surface area contributed by atoms with Gasteiger partial charge in [-0.1, -0.05) is 100 Å². The predicted molar refractivity (Wildman–Crippen MR) is 202 cm³/mol. The van der Waals surface area contributed by atoms with Gasteiger partial charge in [0.1, 0.15) is 6.61 Å². The highest BCUT2D eigenvalue weighted by molar-refractivity contribution is 5.79. The van der Waals surface area contributed by atoms with Gasteiger partial charge < -0.3 is 47.9 Å². The van der Waals surface area contributed by atoms with Gasteiger partial charge in [-0.2, -0.15) is 0 Å². The van der Waals surface area contributed by atoms with E-state index in [-0.39, 0.29) is 5.92 Å². The molecule has 1 aliphatic rings. The second kappa shape index (κ2) is 30.8. The van der Waals surface area contributed by atoms with Gasteiger partial charge in [0, 0.05) is 19.1 Å². The number of ether oxygens (including phenoxy) is 9. The van der Waals surface area contributed by atoms with Crippen LogP contribution in [0.4, 0.5) is 4.79 Å². The van der Waals surface area contributed by atoms with Crippen LogP contribution in [0.3, 0.4) is 0 Å². The minimum Gasteiger partial charge on any atom is -0.449 e. The van der Waals surface area contributed by atoms with Gasteiger partial charge in [-0.05, 0) is 28.7 Å². The molecule has 0 bridgehead atoms. The molecule has 0 fully saturated rings. The summed E-state index contributed by atoms with van der Waals surface area (Å²) in [6.45, 7) is 11.4. The molecule has 0 saturated carbocycles. The lowest BCUT2D eigenvalue weighted by Gasteiger charge is -2.14. The number of benzene rings is 2. The van der Waals surface area contributed by atoms with Crippen molar-refractivity contribution in [1.29, 1.82) is 0 Å². The van der Waals surface area contributed by atoms with Crippen molar-refractivity contribution >= 4 is 6.09 Å². The molecule has 1 amide bonds. The SMILES string of the molecule is CCCCCCCCCCOCCOCCOCCOCCOCCOCCOCCOCCNC(=O)OCC1c2ccccc2-c2ccccc21. The highest BCUT2D eigenvalue weighted by atomic mass is 16.6. The fraction of sp³-hybridized carbons (Fsp3) is 0.683. The zero-order valence-electron chi connectivity index (χ0n) is 31.7. The summed E-state index contributed by atoms with van der Waals surface area (Å²) < 4.78 is 49.8. The van der Waals surface area contributed by atoms with E-state index in [0.29, 0.717) is 112 Å². The van der Waals surface area contributed by atoms with E-state index >= 15 is 0 Å². The van der Waals surface area contributed by atoms with E-state index in [2.05, 4.69) is 36.5 Å². The first kappa shape index (κ1) is 43.8. The van der Waals surface area contributed by atoms with Crippen molar-refractivity contribution in [3.63, 3.8) is 0 Å². The van der Waals surface area contributed by atoms with Crippen molar-refractivity contribution in [2.75, 3.05) is 119 Å². The lowest BCUT2D eigenvalue weighted by Crippen LogP contribution is -2.29. The molecule has 3 rings (SSSR count). The first-order valence-electron chi connectivity index (χ1n) is 19.5.